The summed E-state index contributed by atoms with van der Waals surface area (Å²) >= 11 is 0. The number of nitrogens with zero attached hydrogens (tertiary/aromatic N) is 1. The molecule has 0 aromatic carbocycles. The molecule has 0 spiro atoms. The van der Waals surface area contributed by atoms with Gasteiger partial charge in [0.15, 0.2) is 0 Å². The van der Waals surface area contributed by atoms with E-state index >= 15 is 0 Å². The second-order valence-corrected chi connectivity index (χ2v) is 5.54. The number of hydrogen-bond acceptors (Lipinski definition) is 3. The van der Waals surface area contributed by atoms with E-state index in [-0.39, 0.29) is 11.4 Å². The molecular formula is C12H27N3O. The Morgan fingerprint density at radius 2 is 1.88 bits per heavy atom. The highest BCUT2D eigenvalue weighted by Gasteiger charge is 2.10. The summed E-state index contributed by atoms with van der Waals surface area (Å²) in [6.45, 7) is 9.82. The van der Waals surface area contributed by atoms with E-state index in [1.54, 1.807) is 0 Å². The molecule has 2 N–H and O–H groups in total. The van der Waals surface area contributed by atoms with Gasteiger partial charge in [-0.25, -0.2) is 0 Å². The van der Waals surface area contributed by atoms with Crippen molar-refractivity contribution in [1.29, 1.82) is 0 Å². The van der Waals surface area contributed by atoms with Gasteiger partial charge in [-0.1, -0.05) is 0 Å². The largest absolute Gasteiger partial charge is 0.355 e. The molecule has 1 atom stereocenters. The molecule has 0 fully saturated rings. The summed E-state index contributed by atoms with van der Waals surface area (Å²) < 4.78 is 0. The third-order valence-corrected chi connectivity index (χ3v) is 2.48. The van der Waals surface area contributed by atoms with E-state index in [1.807, 2.05) is 14.1 Å². The van der Waals surface area contributed by atoms with E-state index in [0.717, 1.165) is 6.54 Å². The van der Waals surface area contributed by atoms with Gasteiger partial charge in [-0.3, -0.25) is 4.79 Å². The molecule has 0 aliphatic carbocycles. The van der Waals surface area contributed by atoms with Crippen LogP contribution in [0.4, 0.5) is 0 Å². The van der Waals surface area contributed by atoms with Gasteiger partial charge >= 0.3 is 0 Å². The molecule has 0 aromatic heterocycles. The van der Waals surface area contributed by atoms with Crippen LogP contribution >= 0.6 is 0 Å². The summed E-state index contributed by atoms with van der Waals surface area (Å²) in [4.78, 5) is 13.6. The molecule has 96 valence electrons. The van der Waals surface area contributed by atoms with E-state index in [4.69, 9.17) is 0 Å². The van der Waals surface area contributed by atoms with Crippen LogP contribution in [0.5, 0.6) is 0 Å². The number of likely N-dealkylation sites (N-methyl/N-ethyl adjacent to an activating group) is 1. The fourth-order valence-corrected chi connectivity index (χ4v) is 1.08. The maximum absolute atomic E-state index is 11.5. The zero-order valence-corrected chi connectivity index (χ0v) is 11.6. The normalized spacial score (nSPS) is 13.9. The third kappa shape index (κ3) is 8.68. The molecule has 1 unspecified atom stereocenters. The smallest absolute Gasteiger partial charge is 0.221 e. The molecule has 0 aliphatic rings. The SMILES string of the molecule is CC(CNC(=O)CCNC(C)(C)C)N(C)C. The number of amides is 1. The molecule has 0 radical (unpaired) electrons. The molecule has 0 saturated carbocycles. The highest BCUT2D eigenvalue weighted by molar-refractivity contribution is 5.76. The van der Waals surface area contributed by atoms with Crippen molar-refractivity contribution in [2.24, 2.45) is 0 Å². The third-order valence-electron chi connectivity index (χ3n) is 2.48. The van der Waals surface area contributed by atoms with Gasteiger partial charge in [0.2, 0.25) is 5.91 Å². The first-order chi connectivity index (χ1) is 7.22. The van der Waals surface area contributed by atoms with Crippen molar-refractivity contribution >= 4 is 5.91 Å². The van der Waals surface area contributed by atoms with Crippen molar-refractivity contribution in [1.82, 2.24) is 15.5 Å². The lowest BCUT2D eigenvalue weighted by molar-refractivity contribution is -0.121. The number of rotatable bonds is 6. The Hall–Kier alpha value is -0.610. The first kappa shape index (κ1) is 15.4. The Morgan fingerprint density at radius 1 is 1.31 bits per heavy atom. The Bertz CT molecular complexity index is 209. The Kier molecular flexibility index (Phi) is 6.60. The summed E-state index contributed by atoms with van der Waals surface area (Å²) in [6.07, 6.45) is 0.539. The minimum absolute atomic E-state index is 0.0806. The van der Waals surface area contributed by atoms with E-state index in [2.05, 4.69) is 43.2 Å². The van der Waals surface area contributed by atoms with Gasteiger partial charge in [0.25, 0.3) is 0 Å². The minimum Gasteiger partial charge on any atom is -0.355 e. The summed E-state index contributed by atoms with van der Waals surface area (Å²) in [5.41, 5.74) is 0.0806. The molecule has 4 nitrogen and oxygen atoms in total. The molecule has 0 heterocycles. The van der Waals surface area contributed by atoms with Crippen molar-refractivity contribution in [2.45, 2.75) is 45.7 Å². The molecule has 0 saturated heterocycles. The zero-order valence-electron chi connectivity index (χ0n) is 11.6. The Labute approximate surface area is 99.8 Å². The van der Waals surface area contributed by atoms with Crippen molar-refractivity contribution < 1.29 is 4.79 Å². The molecule has 0 aliphatic heterocycles. The van der Waals surface area contributed by atoms with Crippen LogP contribution in [0.15, 0.2) is 0 Å². The Balaban J connectivity index is 3.60. The van der Waals surface area contributed by atoms with Crippen LogP contribution < -0.4 is 10.6 Å². The van der Waals surface area contributed by atoms with Crippen LogP contribution in [0, 0.1) is 0 Å². The molecule has 0 rings (SSSR count). The molecule has 1 amide bonds. The van der Waals surface area contributed by atoms with Gasteiger partial charge in [-0.05, 0) is 41.8 Å². The van der Waals surface area contributed by atoms with Crippen LogP contribution in [0.2, 0.25) is 0 Å². The molecule has 16 heavy (non-hydrogen) atoms. The average molecular weight is 229 g/mol. The summed E-state index contributed by atoms with van der Waals surface area (Å²) in [6, 6.07) is 0.375. The van der Waals surface area contributed by atoms with Gasteiger partial charge in [-0.15, -0.1) is 0 Å². The molecule has 0 bridgehead atoms. The fraction of sp³-hybridized carbons (Fsp3) is 0.917. The quantitative estimate of drug-likeness (QED) is 0.709. The fourth-order valence-electron chi connectivity index (χ4n) is 1.08. The van der Waals surface area contributed by atoms with Gasteiger partial charge in [0.1, 0.15) is 0 Å². The van der Waals surface area contributed by atoms with Crippen molar-refractivity contribution in [3.05, 3.63) is 0 Å². The van der Waals surface area contributed by atoms with Crippen molar-refractivity contribution in [2.75, 3.05) is 27.2 Å². The van der Waals surface area contributed by atoms with Crippen LogP contribution in [0.3, 0.4) is 0 Å². The summed E-state index contributed by atoms with van der Waals surface area (Å²) in [7, 11) is 4.02. The molecular weight excluding hydrogens is 202 g/mol. The number of carbonyl (C=O) groups is 1. The van der Waals surface area contributed by atoms with Gasteiger partial charge in [0, 0.05) is 31.1 Å². The maximum Gasteiger partial charge on any atom is 0.221 e. The second kappa shape index (κ2) is 6.86. The standard InChI is InChI=1S/C12H27N3O/c1-10(15(5)6)9-13-11(16)7-8-14-12(2,3)4/h10,14H,7-9H2,1-6H3,(H,13,16). The van der Waals surface area contributed by atoms with Crippen molar-refractivity contribution in [3.8, 4) is 0 Å². The summed E-state index contributed by atoms with van der Waals surface area (Å²) in [5, 5.41) is 6.22. The van der Waals surface area contributed by atoms with Gasteiger partial charge < -0.3 is 15.5 Å². The van der Waals surface area contributed by atoms with E-state index < -0.39 is 0 Å². The van der Waals surface area contributed by atoms with Gasteiger partial charge in [-0.2, -0.15) is 0 Å². The second-order valence-electron chi connectivity index (χ2n) is 5.54. The Morgan fingerprint density at radius 3 is 2.31 bits per heavy atom. The van der Waals surface area contributed by atoms with E-state index in [9.17, 15) is 4.79 Å². The van der Waals surface area contributed by atoms with Crippen LogP contribution in [-0.2, 0) is 4.79 Å². The van der Waals surface area contributed by atoms with Crippen LogP contribution in [-0.4, -0.2) is 49.6 Å². The monoisotopic (exact) mass is 229 g/mol. The van der Waals surface area contributed by atoms with E-state index in [1.165, 1.54) is 0 Å². The highest BCUT2D eigenvalue weighted by atomic mass is 16.1. The first-order valence-corrected chi connectivity index (χ1v) is 5.90. The average Bonchev–Trinajstić information content (AvgIpc) is 2.11. The predicted molar refractivity (Wildman–Crippen MR) is 68.5 cm³/mol. The number of nitrogens with one attached hydrogen (secondary N) is 2. The lowest BCUT2D eigenvalue weighted by Crippen LogP contribution is -2.41. The zero-order chi connectivity index (χ0) is 12.8. The minimum atomic E-state index is 0.0806. The maximum atomic E-state index is 11.5. The number of hydrogen-bond donors (Lipinski definition) is 2. The topological polar surface area (TPSA) is 44.4 Å². The van der Waals surface area contributed by atoms with Gasteiger partial charge in [0.05, 0.1) is 0 Å². The van der Waals surface area contributed by atoms with Crippen molar-refractivity contribution in [3.63, 3.8) is 0 Å². The highest BCUT2D eigenvalue weighted by Crippen LogP contribution is 1.97. The number of carbonyl (C=O) groups excluding carboxylic acids is 1. The lowest BCUT2D eigenvalue weighted by Gasteiger charge is -2.21. The summed E-state index contributed by atoms with van der Waals surface area (Å²) in [5.74, 6) is 0.116. The van der Waals surface area contributed by atoms with Crippen LogP contribution in [0.25, 0.3) is 0 Å². The van der Waals surface area contributed by atoms with Crippen LogP contribution in [0.1, 0.15) is 34.1 Å². The van der Waals surface area contributed by atoms with E-state index in [0.29, 0.717) is 19.0 Å². The lowest BCUT2D eigenvalue weighted by atomic mass is 10.1. The molecule has 4 heteroatoms. The molecule has 0 aromatic rings. The first-order valence-electron chi connectivity index (χ1n) is 5.90. The predicted octanol–water partition coefficient (Wildman–Crippen LogP) is 0.831.